The van der Waals surface area contributed by atoms with E-state index in [2.05, 4.69) is 29.2 Å². The first-order valence-electron chi connectivity index (χ1n) is 7.78. The maximum absolute atomic E-state index is 9.80. The second-order valence-corrected chi connectivity index (χ2v) is 5.79. The molecule has 2 aromatic carbocycles. The van der Waals surface area contributed by atoms with Gasteiger partial charge in [-0.15, -0.1) is 0 Å². The Labute approximate surface area is 140 Å². The molecule has 0 saturated carbocycles. The Morgan fingerprint density at radius 2 is 1.88 bits per heavy atom. The molecular weight excluding hydrogens is 298 g/mol. The lowest BCUT2D eigenvalue weighted by atomic mass is 10.0. The molecule has 1 aromatic heterocycles. The van der Waals surface area contributed by atoms with E-state index in [1.807, 2.05) is 41.6 Å². The van der Waals surface area contributed by atoms with Crippen LogP contribution in [0.4, 0.5) is 5.69 Å². The number of hydrogen-bond donors (Lipinski definition) is 2. The Bertz CT molecular complexity index is 970. The zero-order chi connectivity index (χ0) is 16.5. The highest BCUT2D eigenvalue weighted by Crippen LogP contribution is 2.31. The largest absolute Gasteiger partial charge is 0.510 e. The Kier molecular flexibility index (Phi) is 3.43. The molecule has 0 bridgehead atoms. The Hall–Kier alpha value is -3.27. The lowest BCUT2D eigenvalue weighted by Crippen LogP contribution is -2.31. The number of aromatic nitrogens is 1. The van der Waals surface area contributed by atoms with E-state index in [9.17, 15) is 5.11 Å². The third kappa shape index (κ3) is 2.48. The van der Waals surface area contributed by atoms with Gasteiger partial charge in [-0.1, -0.05) is 36.4 Å². The molecule has 1 aliphatic heterocycles. The molecule has 0 radical (unpaired) electrons. The van der Waals surface area contributed by atoms with Gasteiger partial charge >= 0.3 is 0 Å². The number of nitrogens with two attached hydrogens (primary N) is 1. The fraction of sp³-hybridized carbons (Fsp3) is 0.0500. The minimum absolute atomic E-state index is 0.293. The summed E-state index contributed by atoms with van der Waals surface area (Å²) in [6, 6.07) is 16.3. The van der Waals surface area contributed by atoms with Gasteiger partial charge in [0.15, 0.2) is 0 Å². The molecule has 2 heterocycles. The molecule has 0 saturated heterocycles. The molecule has 4 nitrogen and oxygen atoms in total. The Balaban J connectivity index is 1.81. The van der Waals surface area contributed by atoms with E-state index in [0.717, 1.165) is 27.6 Å². The molecule has 4 heteroatoms. The van der Waals surface area contributed by atoms with E-state index in [1.165, 1.54) is 0 Å². The average molecular weight is 315 g/mol. The number of fused-ring (bicyclic) bond motifs is 1. The number of anilines is 1. The summed E-state index contributed by atoms with van der Waals surface area (Å²) < 4.78 is 0. The van der Waals surface area contributed by atoms with E-state index < -0.39 is 0 Å². The van der Waals surface area contributed by atoms with E-state index in [4.69, 9.17) is 5.73 Å². The number of nitrogens with zero attached hydrogens (tertiary/aromatic N) is 2. The number of benzene rings is 2. The number of aliphatic hydroxyl groups is 1. The van der Waals surface area contributed by atoms with Gasteiger partial charge in [-0.3, -0.25) is 4.98 Å². The van der Waals surface area contributed by atoms with E-state index >= 15 is 0 Å². The number of pyridine rings is 1. The van der Waals surface area contributed by atoms with Gasteiger partial charge in [0.1, 0.15) is 11.6 Å². The zero-order valence-corrected chi connectivity index (χ0v) is 13.1. The Morgan fingerprint density at radius 3 is 2.79 bits per heavy atom. The van der Waals surface area contributed by atoms with Crippen LogP contribution in [-0.2, 0) is 0 Å². The van der Waals surface area contributed by atoms with Crippen LogP contribution in [-0.4, -0.2) is 16.6 Å². The summed E-state index contributed by atoms with van der Waals surface area (Å²) >= 11 is 0. The summed E-state index contributed by atoms with van der Waals surface area (Å²) in [5.41, 5.74) is 9.16. The van der Waals surface area contributed by atoms with E-state index in [-0.39, 0.29) is 0 Å². The molecule has 1 aliphatic rings. The first-order valence-corrected chi connectivity index (χ1v) is 7.78. The highest BCUT2D eigenvalue weighted by atomic mass is 16.3. The standard InChI is InChI=1S/C20H17N3O/c21-20-9-8-17(24)13-23(20)16-6-3-5-14(10-16)19-12-22-11-15-4-1-2-7-18(15)19/h1-12,24H,13,21H2. The smallest absolute Gasteiger partial charge is 0.112 e. The van der Waals surface area contributed by atoms with Crippen LogP contribution in [0.3, 0.4) is 0 Å². The van der Waals surface area contributed by atoms with Crippen molar-refractivity contribution in [2.24, 2.45) is 5.73 Å². The summed E-state index contributed by atoms with van der Waals surface area (Å²) in [5.74, 6) is 0.905. The molecule has 0 aliphatic carbocycles. The molecule has 0 unspecified atom stereocenters. The van der Waals surface area contributed by atoms with Crippen LogP contribution >= 0.6 is 0 Å². The summed E-state index contributed by atoms with van der Waals surface area (Å²) in [5, 5.41) is 12.1. The van der Waals surface area contributed by atoms with Gasteiger partial charge in [-0.05, 0) is 35.2 Å². The summed E-state index contributed by atoms with van der Waals surface area (Å²) in [6.07, 6.45) is 7.10. The second kappa shape index (κ2) is 5.74. The van der Waals surface area contributed by atoms with Crippen molar-refractivity contribution in [2.75, 3.05) is 11.4 Å². The van der Waals surface area contributed by atoms with Gasteiger partial charge in [-0.25, -0.2) is 0 Å². The molecule has 4 rings (SSSR count). The van der Waals surface area contributed by atoms with Gasteiger partial charge in [0.05, 0.1) is 6.54 Å². The van der Waals surface area contributed by atoms with Gasteiger partial charge < -0.3 is 15.7 Å². The van der Waals surface area contributed by atoms with E-state index in [1.54, 1.807) is 12.2 Å². The molecule has 0 atom stereocenters. The molecule has 24 heavy (non-hydrogen) atoms. The van der Waals surface area contributed by atoms with Gasteiger partial charge in [0.2, 0.25) is 0 Å². The topological polar surface area (TPSA) is 62.4 Å². The minimum Gasteiger partial charge on any atom is -0.510 e. The molecular formula is C20H17N3O. The van der Waals surface area contributed by atoms with Crippen LogP contribution in [0.1, 0.15) is 0 Å². The van der Waals surface area contributed by atoms with Gasteiger partial charge in [0.25, 0.3) is 0 Å². The third-order valence-electron chi connectivity index (χ3n) is 4.22. The maximum Gasteiger partial charge on any atom is 0.112 e. The summed E-state index contributed by atoms with van der Waals surface area (Å²) in [4.78, 5) is 6.25. The summed E-state index contributed by atoms with van der Waals surface area (Å²) in [6.45, 7) is 0.375. The molecule has 3 aromatic rings. The molecule has 3 N–H and O–H groups in total. The van der Waals surface area contributed by atoms with Crippen molar-refractivity contribution in [3.8, 4) is 11.1 Å². The second-order valence-electron chi connectivity index (χ2n) is 5.79. The van der Waals surface area contributed by atoms with E-state index in [0.29, 0.717) is 18.1 Å². The van der Waals surface area contributed by atoms with Crippen molar-refractivity contribution in [1.29, 1.82) is 0 Å². The number of allylic oxidation sites excluding steroid dienone is 2. The van der Waals surface area contributed by atoms with Crippen LogP contribution in [0.25, 0.3) is 21.9 Å². The Morgan fingerprint density at radius 1 is 1.00 bits per heavy atom. The summed E-state index contributed by atoms with van der Waals surface area (Å²) in [7, 11) is 0. The van der Waals surface area contributed by atoms with Crippen molar-refractivity contribution in [2.45, 2.75) is 0 Å². The highest BCUT2D eigenvalue weighted by molar-refractivity contribution is 5.96. The lowest BCUT2D eigenvalue weighted by Gasteiger charge is -2.27. The van der Waals surface area contributed by atoms with Crippen LogP contribution in [0.2, 0.25) is 0 Å². The average Bonchev–Trinajstić information content (AvgIpc) is 2.63. The first-order chi connectivity index (χ1) is 11.7. The lowest BCUT2D eigenvalue weighted by molar-refractivity contribution is 0.399. The molecule has 0 amide bonds. The molecule has 0 fully saturated rings. The SMILES string of the molecule is NC1=CC=C(O)CN1c1cccc(-c2cncc3ccccc23)c1. The highest BCUT2D eigenvalue weighted by Gasteiger charge is 2.15. The predicted molar refractivity (Wildman–Crippen MR) is 97.5 cm³/mol. The van der Waals surface area contributed by atoms with Crippen LogP contribution in [0.15, 0.2) is 84.7 Å². The molecule has 118 valence electrons. The number of rotatable bonds is 2. The fourth-order valence-electron chi connectivity index (χ4n) is 3.01. The normalized spacial score (nSPS) is 14.4. The number of aliphatic hydroxyl groups excluding tert-OH is 1. The zero-order valence-electron chi connectivity index (χ0n) is 13.1. The van der Waals surface area contributed by atoms with Crippen LogP contribution in [0.5, 0.6) is 0 Å². The number of hydrogen-bond acceptors (Lipinski definition) is 4. The molecule has 0 spiro atoms. The minimum atomic E-state index is 0.293. The monoisotopic (exact) mass is 315 g/mol. The van der Waals surface area contributed by atoms with Crippen LogP contribution in [0, 0.1) is 0 Å². The van der Waals surface area contributed by atoms with Crippen molar-refractivity contribution < 1.29 is 5.11 Å². The van der Waals surface area contributed by atoms with Gasteiger partial charge in [0, 0.05) is 29.0 Å². The third-order valence-corrected chi connectivity index (χ3v) is 4.22. The predicted octanol–water partition coefficient (Wildman–Crippen LogP) is 3.96. The maximum atomic E-state index is 9.80. The first kappa shape index (κ1) is 14.3. The van der Waals surface area contributed by atoms with Crippen molar-refractivity contribution in [3.05, 3.63) is 84.7 Å². The quantitative estimate of drug-likeness (QED) is 0.751. The van der Waals surface area contributed by atoms with Gasteiger partial charge in [-0.2, -0.15) is 0 Å². The van der Waals surface area contributed by atoms with Crippen molar-refractivity contribution in [1.82, 2.24) is 4.98 Å². The van der Waals surface area contributed by atoms with Crippen molar-refractivity contribution >= 4 is 16.5 Å². The van der Waals surface area contributed by atoms with Crippen LogP contribution < -0.4 is 10.6 Å². The fourth-order valence-corrected chi connectivity index (χ4v) is 3.01. The van der Waals surface area contributed by atoms with Crippen molar-refractivity contribution in [3.63, 3.8) is 0 Å².